The minimum Gasteiger partial charge on any atom is -0.337 e. The van der Waals surface area contributed by atoms with Crippen molar-refractivity contribution in [2.24, 2.45) is 5.41 Å². The molecule has 162 valence electrons. The molecule has 0 saturated heterocycles. The van der Waals surface area contributed by atoms with Crippen LogP contribution in [0.25, 0.3) is 0 Å². The van der Waals surface area contributed by atoms with Gasteiger partial charge in [0.2, 0.25) is 0 Å². The number of hydrogen-bond donors (Lipinski definition) is 2. The second-order valence-corrected chi connectivity index (χ2v) is 11.6. The van der Waals surface area contributed by atoms with Crippen LogP contribution in [0.1, 0.15) is 61.6 Å². The third-order valence-electron chi connectivity index (χ3n) is 6.86. The van der Waals surface area contributed by atoms with E-state index in [0.29, 0.717) is 28.4 Å². The van der Waals surface area contributed by atoms with Gasteiger partial charge in [-0.25, -0.2) is 18.2 Å². The number of fused-ring (bicyclic) bond motifs is 2. The van der Waals surface area contributed by atoms with E-state index in [1.807, 2.05) is 12.1 Å². The Morgan fingerprint density at radius 1 is 1.27 bits per heavy atom. The number of benzene rings is 1. The predicted molar refractivity (Wildman–Crippen MR) is 120 cm³/mol. The van der Waals surface area contributed by atoms with Crippen LogP contribution in [0.15, 0.2) is 29.2 Å². The quantitative estimate of drug-likeness (QED) is 0.705. The average molecular weight is 448 g/mol. The molecule has 1 aromatic carbocycles. The van der Waals surface area contributed by atoms with Gasteiger partial charge in [-0.2, -0.15) is 0 Å². The first-order valence-corrected chi connectivity index (χ1v) is 13.2. The monoisotopic (exact) mass is 447 g/mol. The van der Waals surface area contributed by atoms with Gasteiger partial charge >= 0.3 is 6.03 Å². The zero-order valence-electron chi connectivity index (χ0n) is 17.5. The molecule has 0 fully saturated rings. The highest BCUT2D eigenvalue weighted by molar-refractivity contribution is 7.91. The lowest BCUT2D eigenvalue weighted by molar-refractivity contribution is 0.225. The van der Waals surface area contributed by atoms with E-state index in [1.165, 1.54) is 17.7 Å². The van der Waals surface area contributed by atoms with Gasteiger partial charge in [-0.1, -0.05) is 44.9 Å². The lowest BCUT2D eigenvalue weighted by atomic mass is 9.71. The molecular formula is C22H29N3O3S2. The molecule has 0 radical (unpaired) electrons. The van der Waals surface area contributed by atoms with Gasteiger partial charge in [0.25, 0.3) is 0 Å². The summed E-state index contributed by atoms with van der Waals surface area (Å²) in [7, 11) is -3.21. The Bertz CT molecular complexity index is 1040. The van der Waals surface area contributed by atoms with E-state index in [1.54, 1.807) is 23.5 Å². The Hall–Kier alpha value is -1.93. The minimum atomic E-state index is -3.21. The van der Waals surface area contributed by atoms with Crippen molar-refractivity contribution < 1.29 is 13.2 Å². The molecule has 2 aliphatic rings. The molecule has 4 rings (SSSR count). The van der Waals surface area contributed by atoms with E-state index in [2.05, 4.69) is 29.5 Å². The van der Waals surface area contributed by atoms with Gasteiger partial charge < -0.3 is 5.32 Å². The first-order chi connectivity index (χ1) is 14.4. The van der Waals surface area contributed by atoms with Gasteiger partial charge in [0.15, 0.2) is 15.0 Å². The van der Waals surface area contributed by atoms with E-state index in [4.69, 9.17) is 0 Å². The molecule has 2 amide bonds. The number of nitrogens with one attached hydrogen (secondary N) is 2. The normalized spacial score (nSPS) is 21.3. The lowest BCUT2D eigenvalue weighted by Gasteiger charge is -2.34. The van der Waals surface area contributed by atoms with Crippen molar-refractivity contribution in [2.45, 2.75) is 63.2 Å². The highest BCUT2D eigenvalue weighted by atomic mass is 32.2. The molecule has 2 aromatic rings. The standard InChI is InChI=1S/C22H29N3O3S2/c1-3-22(4-2)11-9-17-18(13-22)29-21(24-17)25-20(26)23-14-15-10-12-30(27,28)19-8-6-5-7-16(15)19/h5-8,15H,3-4,9-14H2,1-2H3,(H2,23,24,25,26). The molecular weight excluding hydrogens is 418 g/mol. The second kappa shape index (κ2) is 8.30. The number of sulfone groups is 1. The number of aryl methyl sites for hydroxylation is 1. The fourth-order valence-electron chi connectivity index (χ4n) is 4.67. The Morgan fingerprint density at radius 2 is 2.03 bits per heavy atom. The molecule has 0 spiro atoms. The van der Waals surface area contributed by atoms with Crippen molar-refractivity contribution >= 4 is 32.3 Å². The van der Waals surface area contributed by atoms with Crippen molar-refractivity contribution in [3.05, 3.63) is 40.4 Å². The molecule has 6 nitrogen and oxygen atoms in total. The van der Waals surface area contributed by atoms with Gasteiger partial charge in [-0.15, -0.1) is 11.3 Å². The first-order valence-electron chi connectivity index (χ1n) is 10.7. The lowest BCUT2D eigenvalue weighted by Crippen LogP contribution is -2.34. The van der Waals surface area contributed by atoms with Gasteiger partial charge in [-0.05, 0) is 42.7 Å². The van der Waals surface area contributed by atoms with E-state index in [9.17, 15) is 13.2 Å². The van der Waals surface area contributed by atoms with Gasteiger partial charge in [0.05, 0.1) is 16.3 Å². The van der Waals surface area contributed by atoms with Crippen LogP contribution in [0.5, 0.6) is 0 Å². The molecule has 0 bridgehead atoms. The van der Waals surface area contributed by atoms with Gasteiger partial charge in [-0.3, -0.25) is 5.32 Å². The summed E-state index contributed by atoms with van der Waals surface area (Å²) in [4.78, 5) is 18.8. The molecule has 2 N–H and O–H groups in total. The fraction of sp³-hybridized carbons (Fsp3) is 0.545. The van der Waals surface area contributed by atoms with Gasteiger partial charge in [0.1, 0.15) is 0 Å². The number of nitrogens with zero attached hydrogens (tertiary/aromatic N) is 1. The average Bonchev–Trinajstić information content (AvgIpc) is 3.14. The number of urea groups is 1. The molecule has 1 aromatic heterocycles. The number of thiazole rings is 1. The molecule has 0 saturated carbocycles. The van der Waals surface area contributed by atoms with Crippen LogP contribution in [-0.2, 0) is 22.7 Å². The third-order valence-corrected chi connectivity index (χ3v) is 9.69. The summed E-state index contributed by atoms with van der Waals surface area (Å²) >= 11 is 1.58. The van der Waals surface area contributed by atoms with E-state index < -0.39 is 9.84 Å². The smallest absolute Gasteiger partial charge is 0.321 e. The predicted octanol–water partition coefficient (Wildman–Crippen LogP) is 4.52. The van der Waals surface area contributed by atoms with Crippen LogP contribution in [0.2, 0.25) is 0 Å². The number of anilines is 1. The summed E-state index contributed by atoms with van der Waals surface area (Å²) in [5.74, 6) is 0.114. The molecule has 1 atom stereocenters. The summed E-state index contributed by atoms with van der Waals surface area (Å²) in [5.41, 5.74) is 2.29. The number of hydrogen-bond acceptors (Lipinski definition) is 5. The third kappa shape index (κ3) is 4.12. The largest absolute Gasteiger partial charge is 0.337 e. The molecule has 1 unspecified atom stereocenters. The molecule has 1 aliphatic heterocycles. The molecule has 8 heteroatoms. The molecule has 30 heavy (non-hydrogen) atoms. The number of rotatable bonds is 5. The SMILES string of the molecule is CCC1(CC)CCc2nc(NC(=O)NCC3CCS(=O)(=O)c4ccccc43)sc2C1. The Kier molecular flexibility index (Phi) is 5.90. The minimum absolute atomic E-state index is 0.00491. The van der Waals surface area contributed by atoms with Crippen molar-refractivity contribution in [1.29, 1.82) is 0 Å². The van der Waals surface area contributed by atoms with Crippen molar-refractivity contribution in [2.75, 3.05) is 17.6 Å². The zero-order chi connectivity index (χ0) is 21.4. The van der Waals surface area contributed by atoms with Crippen molar-refractivity contribution in [3.8, 4) is 0 Å². The van der Waals surface area contributed by atoms with Crippen LogP contribution in [0.4, 0.5) is 9.93 Å². The second-order valence-electron chi connectivity index (χ2n) is 8.45. The van der Waals surface area contributed by atoms with Crippen molar-refractivity contribution in [3.63, 3.8) is 0 Å². The van der Waals surface area contributed by atoms with E-state index in [0.717, 1.165) is 30.5 Å². The molecule has 1 aliphatic carbocycles. The maximum Gasteiger partial charge on any atom is 0.321 e. The number of carbonyl (C=O) groups excluding carboxylic acids is 1. The highest BCUT2D eigenvalue weighted by Gasteiger charge is 2.33. The number of aromatic nitrogens is 1. The molecule has 2 heterocycles. The van der Waals surface area contributed by atoms with Crippen molar-refractivity contribution in [1.82, 2.24) is 10.3 Å². The summed E-state index contributed by atoms with van der Waals surface area (Å²) in [6.07, 6.45) is 6.03. The summed E-state index contributed by atoms with van der Waals surface area (Å²) in [6, 6.07) is 6.81. The van der Waals surface area contributed by atoms with Crippen LogP contribution < -0.4 is 10.6 Å². The first kappa shape index (κ1) is 21.3. The zero-order valence-corrected chi connectivity index (χ0v) is 19.2. The number of carbonyl (C=O) groups is 1. The maximum absolute atomic E-state index is 12.5. The fourth-order valence-corrected chi connectivity index (χ4v) is 7.54. The highest BCUT2D eigenvalue weighted by Crippen LogP contribution is 2.43. The van der Waals surface area contributed by atoms with E-state index in [-0.39, 0.29) is 17.7 Å². The Balaban J connectivity index is 1.38. The topological polar surface area (TPSA) is 88.2 Å². The Labute approximate surface area is 182 Å². The van der Waals surface area contributed by atoms with E-state index >= 15 is 0 Å². The maximum atomic E-state index is 12.5. The van der Waals surface area contributed by atoms with Crippen LogP contribution in [0.3, 0.4) is 0 Å². The van der Waals surface area contributed by atoms with Crippen LogP contribution in [0, 0.1) is 5.41 Å². The summed E-state index contributed by atoms with van der Waals surface area (Å²) in [5, 5.41) is 6.44. The summed E-state index contributed by atoms with van der Waals surface area (Å²) in [6.45, 7) is 4.92. The Morgan fingerprint density at radius 3 is 2.80 bits per heavy atom. The summed E-state index contributed by atoms with van der Waals surface area (Å²) < 4.78 is 24.6. The van der Waals surface area contributed by atoms with Crippen LogP contribution >= 0.6 is 11.3 Å². The van der Waals surface area contributed by atoms with Crippen LogP contribution in [-0.4, -0.2) is 31.7 Å². The van der Waals surface area contributed by atoms with Gasteiger partial charge in [0, 0.05) is 17.3 Å². The number of amides is 2.